The van der Waals surface area contributed by atoms with Gasteiger partial charge in [-0.1, -0.05) is 12.8 Å². The standard InChI is InChI=1S/C5H7O/c1-3-5(6)4-2/h1,5H,4H2,2H3. The topological polar surface area (TPSA) is 19.9 Å². The second-order valence-electron chi connectivity index (χ2n) is 1.06. The van der Waals surface area contributed by atoms with Gasteiger partial charge in [-0.3, -0.25) is 0 Å². The fourth-order valence-corrected chi connectivity index (χ4v) is 0.118. The maximum Gasteiger partial charge on any atom is 0.153 e. The molecule has 0 amide bonds. The largest absolute Gasteiger partial charge is 0.219 e. The van der Waals surface area contributed by atoms with Crippen LogP contribution in [0.3, 0.4) is 0 Å². The van der Waals surface area contributed by atoms with E-state index < -0.39 is 6.10 Å². The van der Waals surface area contributed by atoms with Crippen LogP contribution in [0.25, 0.3) is 0 Å². The van der Waals surface area contributed by atoms with E-state index >= 15 is 0 Å². The van der Waals surface area contributed by atoms with Gasteiger partial charge in [0.2, 0.25) is 0 Å². The SMILES string of the molecule is C#CC([O])CC. The van der Waals surface area contributed by atoms with Gasteiger partial charge in [-0.2, -0.15) is 0 Å². The van der Waals surface area contributed by atoms with E-state index in [-0.39, 0.29) is 0 Å². The zero-order valence-corrected chi connectivity index (χ0v) is 3.77. The van der Waals surface area contributed by atoms with Gasteiger partial charge in [0.15, 0.2) is 6.10 Å². The molecule has 0 aromatic carbocycles. The first kappa shape index (κ1) is 5.52. The van der Waals surface area contributed by atoms with Gasteiger partial charge < -0.3 is 0 Å². The summed E-state index contributed by atoms with van der Waals surface area (Å²) in [5.41, 5.74) is 0. The number of terminal acetylenes is 1. The van der Waals surface area contributed by atoms with Crippen LogP contribution in [0.15, 0.2) is 0 Å². The summed E-state index contributed by atoms with van der Waals surface area (Å²) in [6.07, 6.45) is 4.47. The molecule has 6 heavy (non-hydrogen) atoms. The van der Waals surface area contributed by atoms with Gasteiger partial charge in [0.05, 0.1) is 0 Å². The Labute approximate surface area is 38.0 Å². The minimum Gasteiger partial charge on any atom is -0.219 e. The molecule has 1 atom stereocenters. The van der Waals surface area contributed by atoms with E-state index in [2.05, 4.69) is 5.92 Å². The molecule has 1 unspecified atom stereocenters. The fraction of sp³-hybridized carbons (Fsp3) is 0.600. The van der Waals surface area contributed by atoms with Crippen LogP contribution in [0.1, 0.15) is 13.3 Å². The van der Waals surface area contributed by atoms with Crippen molar-refractivity contribution in [2.75, 3.05) is 0 Å². The first-order valence-corrected chi connectivity index (χ1v) is 1.93. The zero-order valence-electron chi connectivity index (χ0n) is 3.77. The van der Waals surface area contributed by atoms with Crippen LogP contribution in [-0.4, -0.2) is 6.10 Å². The quantitative estimate of drug-likeness (QED) is 0.418. The van der Waals surface area contributed by atoms with Gasteiger partial charge in [0.1, 0.15) is 0 Å². The van der Waals surface area contributed by atoms with Crippen LogP contribution in [-0.2, 0) is 5.11 Å². The van der Waals surface area contributed by atoms with Crippen molar-refractivity contribution >= 4 is 0 Å². The van der Waals surface area contributed by atoms with Crippen molar-refractivity contribution in [2.24, 2.45) is 0 Å². The molecule has 0 aliphatic carbocycles. The van der Waals surface area contributed by atoms with Crippen LogP contribution >= 0.6 is 0 Å². The van der Waals surface area contributed by atoms with E-state index in [4.69, 9.17) is 6.42 Å². The molecule has 0 rings (SSSR count). The lowest BCUT2D eigenvalue weighted by molar-refractivity contribution is 0.135. The van der Waals surface area contributed by atoms with Crippen molar-refractivity contribution in [3.63, 3.8) is 0 Å². The Bertz CT molecular complexity index is 60.8. The van der Waals surface area contributed by atoms with Crippen LogP contribution in [0.2, 0.25) is 0 Å². The minimum absolute atomic E-state index is 0.538. The Morgan fingerprint density at radius 3 is 2.50 bits per heavy atom. The summed E-state index contributed by atoms with van der Waals surface area (Å²) in [7, 11) is 0. The third-order valence-electron chi connectivity index (χ3n) is 0.557. The average Bonchev–Trinajstić information content (AvgIpc) is 1.65. The Hall–Kier alpha value is -0.480. The third kappa shape index (κ3) is 1.80. The van der Waals surface area contributed by atoms with E-state index in [1.807, 2.05) is 0 Å². The molecule has 0 spiro atoms. The molecule has 0 saturated heterocycles. The van der Waals surface area contributed by atoms with E-state index in [0.717, 1.165) is 0 Å². The smallest absolute Gasteiger partial charge is 0.153 e. The fourth-order valence-electron chi connectivity index (χ4n) is 0.118. The first-order chi connectivity index (χ1) is 2.81. The summed E-state index contributed by atoms with van der Waals surface area (Å²) < 4.78 is 0. The van der Waals surface area contributed by atoms with Crippen LogP contribution in [0.4, 0.5) is 0 Å². The molecule has 0 N–H and O–H groups in total. The lowest BCUT2D eigenvalue weighted by atomic mass is 10.3. The van der Waals surface area contributed by atoms with Crippen molar-refractivity contribution in [1.29, 1.82) is 0 Å². The number of hydrogen-bond acceptors (Lipinski definition) is 0. The molecular weight excluding hydrogens is 76.1 g/mol. The summed E-state index contributed by atoms with van der Waals surface area (Å²) in [4.78, 5) is 0. The minimum atomic E-state index is -0.787. The predicted octanol–water partition coefficient (Wildman–Crippen LogP) is 0.829. The normalized spacial score (nSPS) is 12.8. The van der Waals surface area contributed by atoms with E-state index in [1.165, 1.54) is 0 Å². The molecule has 0 aliphatic heterocycles. The van der Waals surface area contributed by atoms with E-state index in [1.54, 1.807) is 6.92 Å². The highest BCUT2D eigenvalue weighted by molar-refractivity contribution is 4.91. The van der Waals surface area contributed by atoms with Gasteiger partial charge in [0, 0.05) is 0 Å². The van der Waals surface area contributed by atoms with Gasteiger partial charge in [0.25, 0.3) is 0 Å². The van der Waals surface area contributed by atoms with Crippen LogP contribution < -0.4 is 0 Å². The third-order valence-corrected chi connectivity index (χ3v) is 0.557. The Kier molecular flexibility index (Phi) is 2.52. The van der Waals surface area contributed by atoms with Crippen LogP contribution in [0, 0.1) is 12.3 Å². The molecule has 0 heterocycles. The number of hydrogen-bond donors (Lipinski definition) is 0. The van der Waals surface area contributed by atoms with Crippen LogP contribution in [0.5, 0.6) is 0 Å². The predicted molar refractivity (Wildman–Crippen MR) is 23.6 cm³/mol. The van der Waals surface area contributed by atoms with Crippen molar-refractivity contribution in [1.82, 2.24) is 0 Å². The molecule has 1 heteroatoms. The highest BCUT2D eigenvalue weighted by Crippen LogP contribution is 1.83. The van der Waals surface area contributed by atoms with Gasteiger partial charge in [-0.15, -0.1) is 6.42 Å². The number of rotatable bonds is 1. The van der Waals surface area contributed by atoms with E-state index in [0.29, 0.717) is 6.42 Å². The van der Waals surface area contributed by atoms with Gasteiger partial charge >= 0.3 is 0 Å². The summed E-state index contributed by atoms with van der Waals surface area (Å²) in [6.45, 7) is 1.78. The molecule has 33 valence electrons. The lowest BCUT2D eigenvalue weighted by Gasteiger charge is -1.86. The van der Waals surface area contributed by atoms with E-state index in [9.17, 15) is 5.11 Å². The maximum absolute atomic E-state index is 10.0. The summed E-state index contributed by atoms with van der Waals surface area (Å²) in [5, 5.41) is 10.0. The van der Waals surface area contributed by atoms with Crippen molar-refractivity contribution in [3.8, 4) is 12.3 Å². The first-order valence-electron chi connectivity index (χ1n) is 1.93. The molecule has 0 aromatic heterocycles. The van der Waals surface area contributed by atoms with Crippen molar-refractivity contribution in [3.05, 3.63) is 0 Å². The zero-order chi connectivity index (χ0) is 4.99. The Balaban J connectivity index is 3.04. The summed E-state index contributed by atoms with van der Waals surface area (Å²) in [5.74, 6) is 2.06. The molecular formula is C5H7O. The second-order valence-corrected chi connectivity index (χ2v) is 1.06. The molecule has 1 radical (unpaired) electrons. The monoisotopic (exact) mass is 83.0 g/mol. The summed E-state index contributed by atoms with van der Waals surface area (Å²) in [6, 6.07) is 0. The Morgan fingerprint density at radius 1 is 2.00 bits per heavy atom. The average molecular weight is 83.1 g/mol. The second kappa shape index (κ2) is 2.74. The van der Waals surface area contributed by atoms with Crippen molar-refractivity contribution < 1.29 is 5.11 Å². The van der Waals surface area contributed by atoms with Gasteiger partial charge in [-0.25, -0.2) is 5.11 Å². The highest BCUT2D eigenvalue weighted by Gasteiger charge is 1.90. The lowest BCUT2D eigenvalue weighted by Crippen LogP contribution is -1.94. The Morgan fingerprint density at radius 2 is 2.50 bits per heavy atom. The molecule has 1 nitrogen and oxygen atoms in total. The summed E-state index contributed by atoms with van der Waals surface area (Å²) >= 11 is 0. The van der Waals surface area contributed by atoms with Crippen molar-refractivity contribution in [2.45, 2.75) is 19.4 Å². The molecule has 0 saturated carbocycles. The maximum atomic E-state index is 10.0. The molecule has 0 aliphatic rings. The molecule has 0 bridgehead atoms. The highest BCUT2D eigenvalue weighted by atomic mass is 16.3. The molecule has 0 aromatic rings. The van der Waals surface area contributed by atoms with Gasteiger partial charge in [-0.05, 0) is 6.42 Å². The molecule has 0 fully saturated rings.